The molecule has 3 amide bonds. The van der Waals surface area contributed by atoms with Crippen molar-refractivity contribution < 1.29 is 32.6 Å². The van der Waals surface area contributed by atoms with E-state index in [9.17, 15) is 23.2 Å². The van der Waals surface area contributed by atoms with Gasteiger partial charge in [0.1, 0.15) is 6.04 Å². The number of halogens is 2. The first kappa shape index (κ1) is 17.4. The van der Waals surface area contributed by atoms with Crippen molar-refractivity contribution >= 4 is 17.7 Å². The fourth-order valence-corrected chi connectivity index (χ4v) is 2.12. The molecule has 1 aliphatic heterocycles. The molecule has 0 radical (unpaired) electrons. The average Bonchev–Trinajstić information content (AvgIpc) is 2.78. The van der Waals surface area contributed by atoms with E-state index in [1.807, 2.05) is 0 Å². The molecule has 0 bridgehead atoms. The maximum absolute atomic E-state index is 12.9. The van der Waals surface area contributed by atoms with Gasteiger partial charge >= 0.3 is 6.29 Å². The minimum atomic E-state index is -3.74. The van der Waals surface area contributed by atoms with Crippen LogP contribution in [0.4, 0.5) is 8.78 Å². The topological polar surface area (TPSA) is 120 Å². The normalized spacial score (nSPS) is 15.5. The van der Waals surface area contributed by atoms with E-state index in [2.05, 4.69) is 20.1 Å². The third-order valence-electron chi connectivity index (χ3n) is 3.13. The van der Waals surface area contributed by atoms with Crippen molar-refractivity contribution in [3.05, 3.63) is 23.8 Å². The van der Waals surface area contributed by atoms with Crippen LogP contribution < -0.4 is 25.8 Å². The molecule has 2 rings (SSSR count). The van der Waals surface area contributed by atoms with E-state index < -0.39 is 30.1 Å². The number of benzene rings is 1. The molecule has 1 aliphatic rings. The van der Waals surface area contributed by atoms with E-state index in [0.29, 0.717) is 5.56 Å². The quantitative estimate of drug-likeness (QED) is 0.653. The first-order valence-corrected chi connectivity index (χ1v) is 6.88. The Bertz CT molecular complexity index is 680. The molecule has 8 nitrogen and oxygen atoms in total. The molecule has 0 aliphatic carbocycles. The van der Waals surface area contributed by atoms with Crippen LogP contribution in [0, 0.1) is 0 Å². The molecule has 0 spiro atoms. The van der Waals surface area contributed by atoms with Crippen LogP contribution in [0.15, 0.2) is 18.2 Å². The van der Waals surface area contributed by atoms with Crippen molar-refractivity contribution in [1.29, 1.82) is 0 Å². The van der Waals surface area contributed by atoms with E-state index in [0.717, 1.165) is 0 Å². The Morgan fingerprint density at radius 3 is 2.54 bits per heavy atom. The van der Waals surface area contributed by atoms with Gasteiger partial charge in [-0.25, -0.2) is 0 Å². The molecule has 0 saturated carbocycles. The first-order valence-electron chi connectivity index (χ1n) is 6.88. The maximum atomic E-state index is 12.9. The van der Waals surface area contributed by atoms with Gasteiger partial charge in [0.15, 0.2) is 11.5 Å². The second kappa shape index (κ2) is 6.69. The number of alkyl halides is 2. The molecule has 1 atom stereocenters. The summed E-state index contributed by atoms with van der Waals surface area (Å²) in [6.45, 7) is 0. The van der Waals surface area contributed by atoms with Gasteiger partial charge in [0.25, 0.3) is 0 Å². The van der Waals surface area contributed by atoms with Crippen molar-refractivity contribution in [1.82, 2.24) is 10.6 Å². The Kier molecular flexibility index (Phi) is 4.86. The lowest BCUT2D eigenvalue weighted by Gasteiger charge is -2.15. The van der Waals surface area contributed by atoms with Gasteiger partial charge in [0.2, 0.25) is 17.7 Å². The highest BCUT2D eigenvalue weighted by atomic mass is 19.3. The van der Waals surface area contributed by atoms with Crippen LogP contribution in [0.2, 0.25) is 0 Å². The zero-order chi connectivity index (χ0) is 17.9. The molecular formula is C14H15F2N3O5. The SMILES string of the molecule is CNC(=O)[C@H](CC(N)=O)NC(=O)Cc1ccc2c(c1)OC(F)(F)O2. The van der Waals surface area contributed by atoms with Gasteiger partial charge in [-0.15, -0.1) is 8.78 Å². The number of fused-ring (bicyclic) bond motifs is 1. The highest BCUT2D eigenvalue weighted by Gasteiger charge is 2.43. The molecule has 0 fully saturated rings. The summed E-state index contributed by atoms with van der Waals surface area (Å²) in [5.41, 5.74) is 5.39. The summed E-state index contributed by atoms with van der Waals surface area (Å²) in [5.74, 6) is -2.25. The fraction of sp³-hybridized carbons (Fsp3) is 0.357. The highest BCUT2D eigenvalue weighted by Crippen LogP contribution is 2.41. The molecule has 4 N–H and O–H groups in total. The van der Waals surface area contributed by atoms with Crippen molar-refractivity contribution in [2.75, 3.05) is 7.05 Å². The number of likely N-dealkylation sites (N-methyl/N-ethyl adjacent to an activating group) is 1. The molecule has 1 heterocycles. The van der Waals surface area contributed by atoms with Crippen molar-refractivity contribution in [2.24, 2.45) is 5.73 Å². The van der Waals surface area contributed by atoms with Crippen LogP contribution in [-0.2, 0) is 20.8 Å². The molecule has 0 unspecified atom stereocenters. The first-order chi connectivity index (χ1) is 11.2. The molecule has 1 aromatic rings. The van der Waals surface area contributed by atoms with E-state index in [1.165, 1.54) is 25.2 Å². The fourth-order valence-electron chi connectivity index (χ4n) is 2.12. The summed E-state index contributed by atoms with van der Waals surface area (Å²) in [6, 6.07) is 2.78. The van der Waals surface area contributed by atoms with Gasteiger partial charge in [-0.3, -0.25) is 14.4 Å². The zero-order valence-electron chi connectivity index (χ0n) is 12.6. The molecule has 24 heavy (non-hydrogen) atoms. The number of primary amides is 1. The van der Waals surface area contributed by atoms with Crippen LogP contribution in [0.3, 0.4) is 0 Å². The number of hydrogen-bond donors (Lipinski definition) is 3. The molecule has 0 aromatic heterocycles. The Morgan fingerprint density at radius 2 is 1.92 bits per heavy atom. The molecule has 0 saturated heterocycles. The minimum Gasteiger partial charge on any atom is -0.395 e. The summed E-state index contributed by atoms with van der Waals surface area (Å²) < 4.78 is 34.4. The van der Waals surface area contributed by atoms with E-state index in [-0.39, 0.29) is 24.3 Å². The number of carbonyl (C=O) groups excluding carboxylic acids is 3. The predicted octanol–water partition coefficient (Wildman–Crippen LogP) is -0.343. The predicted molar refractivity (Wildman–Crippen MR) is 76.2 cm³/mol. The number of rotatable bonds is 6. The number of nitrogens with two attached hydrogens (primary N) is 1. The zero-order valence-corrected chi connectivity index (χ0v) is 12.6. The summed E-state index contributed by atoms with van der Waals surface area (Å²) in [6.07, 6.45) is -4.32. The van der Waals surface area contributed by atoms with Gasteiger partial charge in [0, 0.05) is 7.05 Å². The highest BCUT2D eigenvalue weighted by molar-refractivity contribution is 5.92. The second-order valence-electron chi connectivity index (χ2n) is 5.03. The Labute approximate surface area is 135 Å². The van der Waals surface area contributed by atoms with Gasteiger partial charge < -0.3 is 25.8 Å². The number of amides is 3. The summed E-state index contributed by atoms with van der Waals surface area (Å²) >= 11 is 0. The van der Waals surface area contributed by atoms with Crippen molar-refractivity contribution in [2.45, 2.75) is 25.2 Å². The van der Waals surface area contributed by atoms with E-state index >= 15 is 0 Å². The monoisotopic (exact) mass is 343 g/mol. The third kappa shape index (κ3) is 4.31. The average molecular weight is 343 g/mol. The number of nitrogens with one attached hydrogen (secondary N) is 2. The molecular weight excluding hydrogens is 328 g/mol. The minimum absolute atomic E-state index is 0.138. The summed E-state index contributed by atoms with van der Waals surface area (Å²) in [7, 11) is 1.35. The Hall–Kier alpha value is -2.91. The van der Waals surface area contributed by atoms with Crippen LogP contribution >= 0.6 is 0 Å². The van der Waals surface area contributed by atoms with Crippen LogP contribution in [0.1, 0.15) is 12.0 Å². The van der Waals surface area contributed by atoms with Gasteiger partial charge in [0.05, 0.1) is 12.8 Å². The molecule has 10 heteroatoms. The Balaban J connectivity index is 2.02. The lowest BCUT2D eigenvalue weighted by Crippen LogP contribution is -2.48. The number of carbonyl (C=O) groups is 3. The number of ether oxygens (including phenoxy) is 2. The van der Waals surface area contributed by atoms with E-state index in [4.69, 9.17) is 5.73 Å². The van der Waals surface area contributed by atoms with Crippen LogP contribution in [-0.4, -0.2) is 37.1 Å². The lowest BCUT2D eigenvalue weighted by atomic mass is 10.1. The summed E-state index contributed by atoms with van der Waals surface area (Å²) in [5, 5.41) is 4.66. The maximum Gasteiger partial charge on any atom is 0.586 e. The van der Waals surface area contributed by atoms with Gasteiger partial charge in [-0.1, -0.05) is 6.07 Å². The molecule has 1 aromatic carbocycles. The number of hydrogen-bond acceptors (Lipinski definition) is 5. The van der Waals surface area contributed by atoms with Crippen molar-refractivity contribution in [3.63, 3.8) is 0 Å². The van der Waals surface area contributed by atoms with Gasteiger partial charge in [-0.05, 0) is 17.7 Å². The third-order valence-corrected chi connectivity index (χ3v) is 3.13. The molecule has 130 valence electrons. The largest absolute Gasteiger partial charge is 0.586 e. The Morgan fingerprint density at radius 1 is 1.25 bits per heavy atom. The second-order valence-corrected chi connectivity index (χ2v) is 5.03. The van der Waals surface area contributed by atoms with Crippen molar-refractivity contribution in [3.8, 4) is 11.5 Å². The van der Waals surface area contributed by atoms with Crippen LogP contribution in [0.5, 0.6) is 11.5 Å². The standard InChI is InChI=1S/C14H15F2N3O5/c1-18-13(22)8(6-11(17)20)19-12(21)5-7-2-3-9-10(4-7)24-14(15,16)23-9/h2-4,8H,5-6H2,1H3,(H2,17,20)(H,18,22)(H,19,21)/t8-/m0/s1. The van der Waals surface area contributed by atoms with E-state index in [1.54, 1.807) is 0 Å². The van der Waals surface area contributed by atoms with Crippen LogP contribution in [0.25, 0.3) is 0 Å². The lowest BCUT2D eigenvalue weighted by molar-refractivity contribution is -0.286. The van der Waals surface area contributed by atoms with Gasteiger partial charge in [-0.2, -0.15) is 0 Å². The smallest absolute Gasteiger partial charge is 0.395 e. The summed E-state index contributed by atoms with van der Waals surface area (Å²) in [4.78, 5) is 34.5.